The van der Waals surface area contributed by atoms with Gasteiger partial charge in [0.15, 0.2) is 5.78 Å². The Morgan fingerprint density at radius 1 is 1.57 bits per heavy atom. The van der Waals surface area contributed by atoms with Gasteiger partial charge < -0.3 is 10.1 Å². The van der Waals surface area contributed by atoms with Gasteiger partial charge in [0.1, 0.15) is 0 Å². The van der Waals surface area contributed by atoms with Crippen molar-refractivity contribution < 1.29 is 9.53 Å². The van der Waals surface area contributed by atoms with Crippen LogP contribution in [-0.4, -0.2) is 25.5 Å². The largest absolute Gasteiger partial charge is 0.383 e. The Morgan fingerprint density at radius 2 is 2.36 bits per heavy atom. The van der Waals surface area contributed by atoms with E-state index in [2.05, 4.69) is 12.2 Å². The molecule has 0 saturated carbocycles. The molecule has 0 aromatic rings. The van der Waals surface area contributed by atoms with Gasteiger partial charge in [0, 0.05) is 31.3 Å². The Kier molecular flexibility index (Phi) is 4.66. The van der Waals surface area contributed by atoms with Crippen LogP contribution >= 0.6 is 0 Å². The highest BCUT2D eigenvalue weighted by Crippen LogP contribution is 2.13. The van der Waals surface area contributed by atoms with Crippen LogP contribution in [0.5, 0.6) is 0 Å². The summed E-state index contributed by atoms with van der Waals surface area (Å²) in [6.45, 7) is 2.86. The van der Waals surface area contributed by atoms with Crippen LogP contribution in [0.15, 0.2) is 11.8 Å². The fraction of sp³-hybridized carbons (Fsp3) is 0.727. The number of hydrogen-bond donors (Lipinski definition) is 1. The normalized spacial score (nSPS) is 18.1. The maximum atomic E-state index is 11.0. The topological polar surface area (TPSA) is 38.3 Å². The fourth-order valence-corrected chi connectivity index (χ4v) is 1.72. The van der Waals surface area contributed by atoms with Crippen LogP contribution in [0, 0.1) is 0 Å². The molecular weight excluding hydrogens is 178 g/mol. The van der Waals surface area contributed by atoms with Gasteiger partial charge in [-0.3, -0.25) is 4.79 Å². The maximum absolute atomic E-state index is 11.0. The van der Waals surface area contributed by atoms with Gasteiger partial charge in [-0.05, 0) is 12.8 Å². The highest BCUT2D eigenvalue weighted by molar-refractivity contribution is 5.92. The van der Waals surface area contributed by atoms with Crippen molar-refractivity contribution in [1.29, 1.82) is 0 Å². The van der Waals surface area contributed by atoms with Crippen LogP contribution < -0.4 is 5.32 Å². The summed E-state index contributed by atoms with van der Waals surface area (Å²) in [6.07, 6.45) is 5.46. The molecule has 1 aliphatic rings. The van der Waals surface area contributed by atoms with E-state index in [1.54, 1.807) is 13.2 Å². The molecule has 0 spiro atoms. The first-order chi connectivity index (χ1) is 6.76. The molecule has 1 rings (SSSR count). The first-order valence-electron chi connectivity index (χ1n) is 5.25. The lowest BCUT2D eigenvalue weighted by atomic mass is 10.1. The maximum Gasteiger partial charge on any atom is 0.157 e. The Balaban J connectivity index is 2.38. The van der Waals surface area contributed by atoms with Crippen molar-refractivity contribution in [2.75, 3.05) is 13.7 Å². The second-order valence-electron chi connectivity index (χ2n) is 3.72. The van der Waals surface area contributed by atoms with Crippen molar-refractivity contribution in [3.63, 3.8) is 0 Å². The molecule has 1 atom stereocenters. The zero-order valence-electron chi connectivity index (χ0n) is 9.01. The molecule has 1 aliphatic carbocycles. The van der Waals surface area contributed by atoms with Crippen molar-refractivity contribution in [3.05, 3.63) is 11.8 Å². The van der Waals surface area contributed by atoms with E-state index in [0.29, 0.717) is 19.1 Å². The molecule has 0 aliphatic heterocycles. The molecule has 3 nitrogen and oxygen atoms in total. The minimum Gasteiger partial charge on any atom is -0.383 e. The molecular formula is C11H19NO2. The molecule has 0 heterocycles. The lowest BCUT2D eigenvalue weighted by Crippen LogP contribution is -2.32. The van der Waals surface area contributed by atoms with Crippen LogP contribution in [0.1, 0.15) is 32.6 Å². The van der Waals surface area contributed by atoms with Gasteiger partial charge >= 0.3 is 0 Å². The summed E-state index contributed by atoms with van der Waals surface area (Å²) < 4.78 is 5.12. The number of rotatable bonds is 6. The Labute approximate surface area is 85.5 Å². The molecule has 80 valence electrons. The number of hydrogen-bond acceptors (Lipinski definition) is 3. The summed E-state index contributed by atoms with van der Waals surface area (Å²) in [7, 11) is 1.71. The van der Waals surface area contributed by atoms with Crippen molar-refractivity contribution in [3.8, 4) is 0 Å². The standard InChI is InChI=1S/C11H19NO2/c1-3-4-10(8-14-2)12-9-5-6-11(13)7-9/h7,10,12H,3-6,8H2,1-2H3. The van der Waals surface area contributed by atoms with Crippen molar-refractivity contribution in [2.45, 2.75) is 38.6 Å². The van der Waals surface area contributed by atoms with Crippen molar-refractivity contribution >= 4 is 5.78 Å². The molecule has 0 fully saturated rings. The lowest BCUT2D eigenvalue weighted by molar-refractivity contribution is -0.114. The van der Waals surface area contributed by atoms with E-state index in [0.717, 1.165) is 25.0 Å². The molecule has 1 unspecified atom stereocenters. The summed E-state index contributed by atoms with van der Waals surface area (Å²) in [5.41, 5.74) is 1.07. The van der Waals surface area contributed by atoms with Gasteiger partial charge in [-0.2, -0.15) is 0 Å². The van der Waals surface area contributed by atoms with Crippen LogP contribution in [0.4, 0.5) is 0 Å². The van der Waals surface area contributed by atoms with Gasteiger partial charge in [-0.1, -0.05) is 13.3 Å². The number of ether oxygens (including phenoxy) is 1. The Morgan fingerprint density at radius 3 is 2.86 bits per heavy atom. The van der Waals surface area contributed by atoms with Crippen LogP contribution in [0.25, 0.3) is 0 Å². The second-order valence-corrected chi connectivity index (χ2v) is 3.72. The third-order valence-electron chi connectivity index (χ3n) is 2.37. The van der Waals surface area contributed by atoms with Gasteiger partial charge in [-0.25, -0.2) is 0 Å². The average Bonchev–Trinajstić information content (AvgIpc) is 2.52. The van der Waals surface area contributed by atoms with E-state index < -0.39 is 0 Å². The van der Waals surface area contributed by atoms with Gasteiger partial charge in [0.25, 0.3) is 0 Å². The molecule has 0 radical (unpaired) electrons. The SMILES string of the molecule is CCCC(COC)NC1=CC(=O)CC1. The number of carbonyl (C=O) groups is 1. The molecule has 0 aromatic carbocycles. The molecule has 0 aromatic heterocycles. The minimum absolute atomic E-state index is 0.236. The molecule has 0 amide bonds. The first kappa shape index (κ1) is 11.2. The van der Waals surface area contributed by atoms with E-state index in [1.165, 1.54) is 0 Å². The van der Waals surface area contributed by atoms with Crippen LogP contribution in [0.2, 0.25) is 0 Å². The molecule has 0 saturated heterocycles. The first-order valence-corrected chi connectivity index (χ1v) is 5.25. The predicted molar refractivity (Wildman–Crippen MR) is 56.0 cm³/mol. The molecule has 14 heavy (non-hydrogen) atoms. The number of allylic oxidation sites excluding steroid dienone is 2. The van der Waals surface area contributed by atoms with E-state index in [-0.39, 0.29) is 5.78 Å². The zero-order chi connectivity index (χ0) is 10.4. The van der Waals surface area contributed by atoms with Gasteiger partial charge in [-0.15, -0.1) is 0 Å². The number of ketones is 1. The van der Waals surface area contributed by atoms with Crippen LogP contribution in [-0.2, 0) is 9.53 Å². The lowest BCUT2D eigenvalue weighted by Gasteiger charge is -2.18. The number of nitrogens with one attached hydrogen (secondary N) is 1. The number of carbonyl (C=O) groups excluding carboxylic acids is 1. The molecule has 3 heteroatoms. The highest BCUT2D eigenvalue weighted by Gasteiger charge is 2.15. The highest BCUT2D eigenvalue weighted by atomic mass is 16.5. The minimum atomic E-state index is 0.236. The zero-order valence-corrected chi connectivity index (χ0v) is 9.01. The summed E-state index contributed by atoms with van der Waals surface area (Å²) in [6, 6.07) is 0.349. The summed E-state index contributed by atoms with van der Waals surface area (Å²) >= 11 is 0. The average molecular weight is 197 g/mol. The molecule has 1 N–H and O–H groups in total. The third kappa shape index (κ3) is 3.50. The van der Waals surface area contributed by atoms with E-state index in [4.69, 9.17) is 4.74 Å². The summed E-state index contributed by atoms with van der Waals surface area (Å²) in [5, 5.41) is 3.36. The summed E-state index contributed by atoms with van der Waals surface area (Å²) in [4.78, 5) is 11.0. The Hall–Kier alpha value is -0.830. The third-order valence-corrected chi connectivity index (χ3v) is 2.37. The van der Waals surface area contributed by atoms with E-state index in [9.17, 15) is 4.79 Å². The smallest absolute Gasteiger partial charge is 0.157 e. The second kappa shape index (κ2) is 5.81. The summed E-state index contributed by atoms with van der Waals surface area (Å²) in [5.74, 6) is 0.236. The quantitative estimate of drug-likeness (QED) is 0.703. The van der Waals surface area contributed by atoms with E-state index in [1.807, 2.05) is 0 Å². The van der Waals surface area contributed by atoms with Crippen LogP contribution in [0.3, 0.4) is 0 Å². The van der Waals surface area contributed by atoms with Gasteiger partial charge in [0.05, 0.1) is 6.61 Å². The fourth-order valence-electron chi connectivity index (χ4n) is 1.72. The predicted octanol–water partition coefficient (Wildman–Crippen LogP) is 1.64. The van der Waals surface area contributed by atoms with E-state index >= 15 is 0 Å². The Bertz CT molecular complexity index is 217. The monoisotopic (exact) mass is 197 g/mol. The number of methoxy groups -OCH3 is 1. The molecule has 0 bridgehead atoms. The van der Waals surface area contributed by atoms with Crippen molar-refractivity contribution in [1.82, 2.24) is 5.32 Å². The van der Waals surface area contributed by atoms with Gasteiger partial charge in [0.2, 0.25) is 0 Å². The van der Waals surface area contributed by atoms with Crippen molar-refractivity contribution in [2.24, 2.45) is 0 Å².